The fourth-order valence-electron chi connectivity index (χ4n) is 1.22. The van der Waals surface area contributed by atoms with Crippen LogP contribution in [0.5, 0.6) is 0 Å². The second kappa shape index (κ2) is 4.74. The van der Waals surface area contributed by atoms with E-state index in [1.54, 1.807) is 13.1 Å². The minimum atomic E-state index is -0.214. The molecule has 3 heteroatoms. The van der Waals surface area contributed by atoms with Gasteiger partial charge in [-0.3, -0.25) is 9.78 Å². The summed E-state index contributed by atoms with van der Waals surface area (Å²) in [5.74, 6) is -0.214. The van der Waals surface area contributed by atoms with Crippen LogP contribution in [0.3, 0.4) is 0 Å². The van der Waals surface area contributed by atoms with Crippen LogP contribution in [0.25, 0.3) is 0 Å². The number of aromatic nitrogens is 1. The molecule has 0 bridgehead atoms. The van der Waals surface area contributed by atoms with Gasteiger partial charge in [0.1, 0.15) is 0 Å². The van der Waals surface area contributed by atoms with Gasteiger partial charge in [0.25, 0.3) is 0 Å². The van der Waals surface area contributed by atoms with Crippen molar-refractivity contribution in [2.75, 3.05) is 6.61 Å². The number of ether oxygens (including phenoxy) is 1. The predicted octanol–water partition coefficient (Wildman–Crippen LogP) is 1.80. The zero-order chi connectivity index (χ0) is 10.6. The lowest BCUT2D eigenvalue weighted by Gasteiger charge is -2.06. The highest BCUT2D eigenvalue weighted by atomic mass is 16.5. The molecular weight excluding hydrogens is 178 g/mol. The Balaban J connectivity index is 2.76. The summed E-state index contributed by atoms with van der Waals surface area (Å²) >= 11 is 0. The van der Waals surface area contributed by atoms with Gasteiger partial charge < -0.3 is 4.74 Å². The largest absolute Gasteiger partial charge is 0.466 e. The first-order valence-electron chi connectivity index (χ1n) is 4.71. The van der Waals surface area contributed by atoms with Gasteiger partial charge in [0.2, 0.25) is 0 Å². The van der Waals surface area contributed by atoms with Gasteiger partial charge in [0.05, 0.1) is 18.7 Å². The average molecular weight is 193 g/mol. The quantitative estimate of drug-likeness (QED) is 0.687. The minimum absolute atomic E-state index is 0.214. The Morgan fingerprint density at radius 1 is 1.50 bits per heavy atom. The Bertz CT molecular complexity index is 334. The third-order valence-corrected chi connectivity index (χ3v) is 2.20. The number of hydrogen-bond acceptors (Lipinski definition) is 3. The molecule has 1 aromatic heterocycles. The Morgan fingerprint density at radius 2 is 2.21 bits per heavy atom. The van der Waals surface area contributed by atoms with E-state index in [1.807, 2.05) is 19.9 Å². The van der Waals surface area contributed by atoms with Crippen LogP contribution in [0, 0.1) is 13.8 Å². The van der Waals surface area contributed by atoms with E-state index >= 15 is 0 Å². The molecule has 0 spiro atoms. The highest BCUT2D eigenvalue weighted by molar-refractivity contribution is 5.72. The molecule has 0 saturated heterocycles. The zero-order valence-electron chi connectivity index (χ0n) is 8.83. The molecule has 0 radical (unpaired) electrons. The zero-order valence-corrected chi connectivity index (χ0v) is 8.83. The first kappa shape index (κ1) is 10.7. The van der Waals surface area contributed by atoms with Crippen molar-refractivity contribution in [2.45, 2.75) is 27.2 Å². The van der Waals surface area contributed by atoms with Gasteiger partial charge in [0.15, 0.2) is 0 Å². The maximum Gasteiger partial charge on any atom is 0.311 e. The van der Waals surface area contributed by atoms with Crippen LogP contribution in [0.2, 0.25) is 0 Å². The molecule has 0 saturated carbocycles. The topological polar surface area (TPSA) is 39.2 Å². The lowest BCUT2D eigenvalue weighted by molar-refractivity contribution is -0.142. The van der Waals surface area contributed by atoms with Crippen LogP contribution in [0.15, 0.2) is 12.3 Å². The summed E-state index contributed by atoms with van der Waals surface area (Å²) in [5, 5.41) is 0. The molecule has 0 aliphatic heterocycles. The van der Waals surface area contributed by atoms with Gasteiger partial charge in [0, 0.05) is 6.20 Å². The van der Waals surface area contributed by atoms with Crippen molar-refractivity contribution in [3.05, 3.63) is 29.1 Å². The summed E-state index contributed by atoms with van der Waals surface area (Å²) in [4.78, 5) is 15.4. The van der Waals surface area contributed by atoms with Crippen molar-refractivity contribution in [2.24, 2.45) is 0 Å². The van der Waals surface area contributed by atoms with Gasteiger partial charge in [-0.15, -0.1) is 0 Å². The molecule has 1 heterocycles. The highest BCUT2D eigenvalue weighted by Gasteiger charge is 2.08. The molecule has 0 aliphatic rings. The summed E-state index contributed by atoms with van der Waals surface area (Å²) in [7, 11) is 0. The van der Waals surface area contributed by atoms with Crippen LogP contribution in [0.4, 0.5) is 0 Å². The maximum absolute atomic E-state index is 11.2. The average Bonchev–Trinajstić information content (AvgIpc) is 2.13. The van der Waals surface area contributed by atoms with E-state index in [0.717, 1.165) is 16.8 Å². The second-order valence-corrected chi connectivity index (χ2v) is 3.18. The normalized spacial score (nSPS) is 9.93. The third-order valence-electron chi connectivity index (χ3n) is 2.20. The van der Waals surface area contributed by atoms with E-state index in [1.165, 1.54) is 0 Å². The summed E-state index contributed by atoms with van der Waals surface area (Å²) < 4.78 is 4.86. The Labute approximate surface area is 84.1 Å². The van der Waals surface area contributed by atoms with Crippen molar-refractivity contribution in [3.8, 4) is 0 Å². The number of rotatable bonds is 3. The van der Waals surface area contributed by atoms with Gasteiger partial charge in [-0.2, -0.15) is 0 Å². The number of aryl methyl sites for hydroxylation is 1. The molecule has 0 N–H and O–H groups in total. The molecule has 14 heavy (non-hydrogen) atoms. The molecule has 0 unspecified atom stereocenters. The van der Waals surface area contributed by atoms with Crippen molar-refractivity contribution < 1.29 is 9.53 Å². The van der Waals surface area contributed by atoms with Gasteiger partial charge in [-0.1, -0.05) is 0 Å². The summed E-state index contributed by atoms with van der Waals surface area (Å²) in [6.45, 7) is 6.20. The van der Waals surface area contributed by atoms with E-state index in [-0.39, 0.29) is 12.4 Å². The molecule has 0 aliphatic carbocycles. The van der Waals surface area contributed by atoms with Gasteiger partial charge in [-0.05, 0) is 38.0 Å². The fraction of sp³-hybridized carbons (Fsp3) is 0.455. The van der Waals surface area contributed by atoms with Crippen molar-refractivity contribution in [1.82, 2.24) is 4.98 Å². The van der Waals surface area contributed by atoms with Gasteiger partial charge >= 0.3 is 5.97 Å². The number of carbonyl (C=O) groups is 1. The van der Waals surface area contributed by atoms with E-state index in [4.69, 9.17) is 4.74 Å². The Hall–Kier alpha value is -1.38. The SMILES string of the molecule is CCOC(=O)Cc1nccc(C)c1C. The lowest BCUT2D eigenvalue weighted by atomic mass is 10.1. The summed E-state index contributed by atoms with van der Waals surface area (Å²) in [5.41, 5.74) is 3.03. The first-order valence-corrected chi connectivity index (χ1v) is 4.71. The standard InChI is InChI=1S/C11H15NO2/c1-4-14-11(13)7-10-9(3)8(2)5-6-12-10/h5-6H,4,7H2,1-3H3. The van der Waals surface area contributed by atoms with Crippen LogP contribution in [-0.2, 0) is 16.0 Å². The Morgan fingerprint density at radius 3 is 2.86 bits per heavy atom. The molecule has 76 valence electrons. The summed E-state index contributed by atoms with van der Waals surface area (Å²) in [6, 6.07) is 1.93. The number of hydrogen-bond donors (Lipinski definition) is 0. The molecule has 1 aromatic rings. The van der Waals surface area contributed by atoms with Gasteiger partial charge in [-0.25, -0.2) is 0 Å². The number of carbonyl (C=O) groups excluding carboxylic acids is 1. The van der Waals surface area contributed by atoms with Crippen LogP contribution < -0.4 is 0 Å². The highest BCUT2D eigenvalue weighted by Crippen LogP contribution is 2.10. The maximum atomic E-state index is 11.2. The molecule has 0 fully saturated rings. The molecular formula is C11H15NO2. The number of esters is 1. The van der Waals surface area contributed by atoms with Crippen molar-refractivity contribution in [1.29, 1.82) is 0 Å². The fourth-order valence-corrected chi connectivity index (χ4v) is 1.22. The second-order valence-electron chi connectivity index (χ2n) is 3.18. The Kier molecular flexibility index (Phi) is 3.63. The lowest BCUT2D eigenvalue weighted by Crippen LogP contribution is -2.10. The van der Waals surface area contributed by atoms with Crippen molar-refractivity contribution in [3.63, 3.8) is 0 Å². The molecule has 0 atom stereocenters. The molecule has 0 amide bonds. The van der Waals surface area contributed by atoms with E-state index < -0.39 is 0 Å². The van der Waals surface area contributed by atoms with E-state index in [9.17, 15) is 4.79 Å². The predicted molar refractivity (Wildman–Crippen MR) is 54.0 cm³/mol. The smallest absolute Gasteiger partial charge is 0.311 e. The number of pyridine rings is 1. The first-order chi connectivity index (χ1) is 6.65. The molecule has 3 nitrogen and oxygen atoms in total. The molecule has 0 aromatic carbocycles. The minimum Gasteiger partial charge on any atom is -0.466 e. The van der Waals surface area contributed by atoms with Crippen LogP contribution >= 0.6 is 0 Å². The summed E-state index contributed by atoms with van der Waals surface area (Å²) in [6.07, 6.45) is 1.98. The van der Waals surface area contributed by atoms with Crippen molar-refractivity contribution >= 4 is 5.97 Å². The monoisotopic (exact) mass is 193 g/mol. The third kappa shape index (κ3) is 2.55. The van der Waals surface area contributed by atoms with E-state index in [0.29, 0.717) is 6.61 Å². The van der Waals surface area contributed by atoms with Crippen LogP contribution in [0.1, 0.15) is 23.7 Å². The van der Waals surface area contributed by atoms with E-state index in [2.05, 4.69) is 4.98 Å². The molecule has 1 rings (SSSR count). The number of nitrogens with zero attached hydrogens (tertiary/aromatic N) is 1. The van der Waals surface area contributed by atoms with Crippen LogP contribution in [-0.4, -0.2) is 17.6 Å².